The largest absolute Gasteiger partial charge is 0.355 e. The highest BCUT2D eigenvalue weighted by atomic mass is 79.9. The van der Waals surface area contributed by atoms with Crippen LogP contribution in [0.2, 0.25) is 0 Å². The van der Waals surface area contributed by atoms with Gasteiger partial charge < -0.3 is 11.1 Å². The van der Waals surface area contributed by atoms with Crippen molar-refractivity contribution in [2.75, 3.05) is 26.2 Å². The number of nitrogens with one attached hydrogen (secondary N) is 1. The summed E-state index contributed by atoms with van der Waals surface area (Å²) in [6.07, 6.45) is 0. The number of thiophene rings is 1. The molecular formula is C12H20BrN3OS. The highest BCUT2D eigenvalue weighted by Crippen LogP contribution is 2.30. The third-order valence-corrected chi connectivity index (χ3v) is 4.44. The Bertz CT molecular complexity index is 383. The van der Waals surface area contributed by atoms with E-state index in [-0.39, 0.29) is 11.9 Å². The Balaban J connectivity index is 2.74. The topological polar surface area (TPSA) is 58.4 Å². The number of rotatable bonds is 7. The smallest absolute Gasteiger partial charge is 0.234 e. The second-order valence-corrected chi connectivity index (χ2v) is 6.40. The normalized spacial score (nSPS) is 12.7. The van der Waals surface area contributed by atoms with Gasteiger partial charge in [0, 0.05) is 18.0 Å². The quantitative estimate of drug-likeness (QED) is 0.802. The molecule has 1 rings (SSSR count). The first-order valence-corrected chi connectivity index (χ1v) is 7.69. The first kappa shape index (κ1) is 15.6. The van der Waals surface area contributed by atoms with Crippen LogP contribution in [0.25, 0.3) is 0 Å². The molecule has 18 heavy (non-hydrogen) atoms. The number of nitrogens with two attached hydrogens (primary N) is 1. The number of halogens is 1. The van der Waals surface area contributed by atoms with Crippen LogP contribution in [-0.4, -0.2) is 37.0 Å². The van der Waals surface area contributed by atoms with Gasteiger partial charge in [0.15, 0.2) is 0 Å². The Morgan fingerprint density at radius 3 is 2.72 bits per heavy atom. The molecule has 6 heteroatoms. The summed E-state index contributed by atoms with van der Waals surface area (Å²) < 4.78 is 1.09. The summed E-state index contributed by atoms with van der Waals surface area (Å²) in [5, 5.41) is 2.82. The van der Waals surface area contributed by atoms with Gasteiger partial charge in [-0.05, 0) is 41.5 Å². The van der Waals surface area contributed by atoms with Crippen molar-refractivity contribution < 1.29 is 4.79 Å². The van der Waals surface area contributed by atoms with E-state index in [4.69, 9.17) is 5.73 Å². The standard InChI is InChI=1S/C12H20BrN3OS/c1-3-15-12(17)8-16(4-2)9(7-14)10-5-6-11(13)18-10/h5-6,9H,3-4,7-8,14H2,1-2H3,(H,15,17). The SMILES string of the molecule is CCNC(=O)CN(CC)C(CN)c1ccc(Br)s1. The van der Waals surface area contributed by atoms with Crippen LogP contribution < -0.4 is 11.1 Å². The number of amides is 1. The molecule has 0 fully saturated rings. The minimum Gasteiger partial charge on any atom is -0.355 e. The summed E-state index contributed by atoms with van der Waals surface area (Å²) in [6.45, 7) is 6.33. The lowest BCUT2D eigenvalue weighted by Crippen LogP contribution is -2.41. The summed E-state index contributed by atoms with van der Waals surface area (Å²) in [6, 6.07) is 4.18. The molecule has 0 bridgehead atoms. The van der Waals surface area contributed by atoms with Crippen LogP contribution in [0.4, 0.5) is 0 Å². The number of carbonyl (C=O) groups excluding carboxylic acids is 1. The van der Waals surface area contributed by atoms with Crippen molar-refractivity contribution in [3.8, 4) is 0 Å². The van der Waals surface area contributed by atoms with Crippen LogP contribution in [0.5, 0.6) is 0 Å². The highest BCUT2D eigenvalue weighted by molar-refractivity contribution is 9.11. The van der Waals surface area contributed by atoms with E-state index in [1.54, 1.807) is 11.3 Å². The maximum absolute atomic E-state index is 11.7. The van der Waals surface area contributed by atoms with Crippen molar-refractivity contribution in [1.82, 2.24) is 10.2 Å². The molecule has 1 aromatic rings. The summed E-state index contributed by atoms with van der Waals surface area (Å²) >= 11 is 5.12. The van der Waals surface area contributed by atoms with Crippen LogP contribution in [0.3, 0.4) is 0 Å². The van der Waals surface area contributed by atoms with Gasteiger partial charge >= 0.3 is 0 Å². The zero-order valence-corrected chi connectivity index (χ0v) is 13.2. The van der Waals surface area contributed by atoms with Gasteiger partial charge in [-0.25, -0.2) is 0 Å². The van der Waals surface area contributed by atoms with E-state index in [0.717, 1.165) is 10.3 Å². The molecule has 1 atom stereocenters. The van der Waals surface area contributed by atoms with Crippen molar-refractivity contribution in [1.29, 1.82) is 0 Å². The average molecular weight is 334 g/mol. The zero-order chi connectivity index (χ0) is 13.5. The molecule has 1 aromatic heterocycles. The van der Waals surface area contributed by atoms with Crippen molar-refractivity contribution >= 4 is 33.2 Å². The van der Waals surface area contributed by atoms with Gasteiger partial charge in [-0.15, -0.1) is 11.3 Å². The Labute approximate surface area is 121 Å². The van der Waals surface area contributed by atoms with Crippen molar-refractivity contribution in [2.45, 2.75) is 19.9 Å². The van der Waals surface area contributed by atoms with Gasteiger partial charge in [0.2, 0.25) is 5.91 Å². The Morgan fingerprint density at radius 1 is 1.56 bits per heavy atom. The molecule has 1 heterocycles. The Hall–Kier alpha value is -0.430. The molecule has 0 radical (unpaired) electrons. The highest BCUT2D eigenvalue weighted by Gasteiger charge is 2.21. The van der Waals surface area contributed by atoms with E-state index in [9.17, 15) is 4.79 Å². The maximum Gasteiger partial charge on any atom is 0.234 e. The summed E-state index contributed by atoms with van der Waals surface area (Å²) in [7, 11) is 0. The van der Waals surface area contributed by atoms with E-state index < -0.39 is 0 Å². The van der Waals surface area contributed by atoms with Gasteiger partial charge in [-0.1, -0.05) is 6.92 Å². The second-order valence-electron chi connectivity index (χ2n) is 3.91. The lowest BCUT2D eigenvalue weighted by Gasteiger charge is -2.28. The van der Waals surface area contributed by atoms with Gasteiger partial charge in [-0.2, -0.15) is 0 Å². The van der Waals surface area contributed by atoms with Gasteiger partial charge in [0.05, 0.1) is 16.4 Å². The minimum absolute atomic E-state index is 0.0495. The molecule has 1 amide bonds. The van der Waals surface area contributed by atoms with Crippen LogP contribution in [0, 0.1) is 0 Å². The van der Waals surface area contributed by atoms with E-state index in [1.807, 2.05) is 19.9 Å². The van der Waals surface area contributed by atoms with E-state index >= 15 is 0 Å². The number of likely N-dealkylation sites (N-methyl/N-ethyl adjacent to an activating group) is 2. The van der Waals surface area contributed by atoms with Crippen molar-refractivity contribution in [2.24, 2.45) is 5.73 Å². The van der Waals surface area contributed by atoms with Gasteiger partial charge in [0.25, 0.3) is 0 Å². The molecular weight excluding hydrogens is 314 g/mol. The van der Waals surface area contributed by atoms with Crippen molar-refractivity contribution in [3.63, 3.8) is 0 Å². The molecule has 3 N–H and O–H groups in total. The molecule has 1 unspecified atom stereocenters. The zero-order valence-electron chi connectivity index (χ0n) is 10.8. The first-order chi connectivity index (χ1) is 8.62. The Morgan fingerprint density at radius 2 is 2.28 bits per heavy atom. The molecule has 102 valence electrons. The lowest BCUT2D eigenvalue weighted by atomic mass is 10.2. The third kappa shape index (κ3) is 4.35. The summed E-state index contributed by atoms with van der Waals surface area (Å²) in [5.41, 5.74) is 5.86. The van der Waals surface area contributed by atoms with Gasteiger partial charge in [-0.3, -0.25) is 9.69 Å². The summed E-state index contributed by atoms with van der Waals surface area (Å²) in [5.74, 6) is 0.0495. The average Bonchev–Trinajstić information content (AvgIpc) is 2.75. The fraction of sp³-hybridized carbons (Fsp3) is 0.583. The number of nitrogens with zero attached hydrogens (tertiary/aromatic N) is 1. The fourth-order valence-electron chi connectivity index (χ4n) is 1.83. The molecule has 0 aromatic carbocycles. The maximum atomic E-state index is 11.7. The minimum atomic E-state index is 0.0495. The van der Waals surface area contributed by atoms with E-state index in [2.05, 4.69) is 32.2 Å². The molecule has 0 spiro atoms. The third-order valence-electron chi connectivity index (χ3n) is 2.71. The van der Waals surface area contributed by atoms with Crippen LogP contribution in [0.1, 0.15) is 24.8 Å². The molecule has 0 saturated carbocycles. The van der Waals surface area contributed by atoms with Crippen LogP contribution >= 0.6 is 27.3 Å². The number of carbonyl (C=O) groups is 1. The molecule has 0 saturated heterocycles. The summed E-state index contributed by atoms with van der Waals surface area (Å²) in [4.78, 5) is 15.0. The lowest BCUT2D eigenvalue weighted by molar-refractivity contribution is -0.122. The molecule has 0 aliphatic heterocycles. The van der Waals surface area contributed by atoms with Crippen LogP contribution in [-0.2, 0) is 4.79 Å². The molecule has 0 aliphatic rings. The Kier molecular flexibility index (Phi) is 6.85. The van der Waals surface area contributed by atoms with E-state index in [0.29, 0.717) is 19.6 Å². The monoisotopic (exact) mass is 333 g/mol. The first-order valence-electron chi connectivity index (χ1n) is 6.08. The van der Waals surface area contributed by atoms with E-state index in [1.165, 1.54) is 4.88 Å². The van der Waals surface area contributed by atoms with Gasteiger partial charge in [0.1, 0.15) is 0 Å². The predicted octanol–water partition coefficient (Wildman–Crippen LogP) is 1.97. The molecule has 0 aliphatic carbocycles. The second kappa shape index (κ2) is 7.89. The van der Waals surface area contributed by atoms with Crippen molar-refractivity contribution in [3.05, 3.63) is 20.8 Å². The fourth-order valence-corrected chi connectivity index (χ4v) is 3.40. The van der Waals surface area contributed by atoms with Crippen LogP contribution in [0.15, 0.2) is 15.9 Å². The number of hydrogen-bond acceptors (Lipinski definition) is 4. The predicted molar refractivity (Wildman–Crippen MR) is 79.7 cm³/mol. The number of hydrogen-bond donors (Lipinski definition) is 2. The molecule has 4 nitrogen and oxygen atoms in total.